The molecule has 0 saturated heterocycles. The van der Waals surface area contributed by atoms with E-state index in [1.54, 1.807) is 18.3 Å². The SMILES string of the molecule is O=C(c1noc(-c2cc(Cl)c(O)c(Cl)c2)n1)N(Cc1cccnc1)Cc1cccc(C(F)(F)F)c1. The van der Waals surface area contributed by atoms with Gasteiger partial charge in [0, 0.05) is 31.0 Å². The molecule has 0 atom stereocenters. The first-order valence-electron chi connectivity index (χ1n) is 9.98. The average molecular weight is 523 g/mol. The number of amides is 1. The molecule has 1 amide bonds. The normalized spacial score (nSPS) is 11.5. The second-order valence-corrected chi connectivity index (χ2v) is 8.25. The van der Waals surface area contributed by atoms with E-state index in [2.05, 4.69) is 15.1 Å². The van der Waals surface area contributed by atoms with Crippen molar-refractivity contribution in [3.05, 3.63) is 93.5 Å². The molecule has 2 heterocycles. The highest BCUT2D eigenvalue weighted by molar-refractivity contribution is 6.37. The van der Waals surface area contributed by atoms with Crippen LogP contribution < -0.4 is 0 Å². The van der Waals surface area contributed by atoms with E-state index < -0.39 is 17.6 Å². The van der Waals surface area contributed by atoms with E-state index >= 15 is 0 Å². The molecule has 12 heteroatoms. The number of phenolic OH excluding ortho intramolecular Hbond substituents is 1. The van der Waals surface area contributed by atoms with Gasteiger partial charge in [-0.05, 0) is 41.5 Å². The molecule has 0 bridgehead atoms. The highest BCUT2D eigenvalue weighted by atomic mass is 35.5. The Hall–Kier alpha value is -3.63. The molecule has 35 heavy (non-hydrogen) atoms. The van der Waals surface area contributed by atoms with Crippen LogP contribution >= 0.6 is 23.2 Å². The van der Waals surface area contributed by atoms with Crippen LogP contribution in [0.5, 0.6) is 5.75 Å². The second-order valence-electron chi connectivity index (χ2n) is 7.43. The van der Waals surface area contributed by atoms with Crippen molar-refractivity contribution in [2.45, 2.75) is 19.3 Å². The quantitative estimate of drug-likeness (QED) is 0.333. The fourth-order valence-electron chi connectivity index (χ4n) is 3.24. The Balaban J connectivity index is 1.65. The fraction of sp³-hybridized carbons (Fsp3) is 0.130. The van der Waals surface area contributed by atoms with Crippen LogP contribution in [-0.2, 0) is 19.3 Å². The molecule has 2 aromatic carbocycles. The van der Waals surface area contributed by atoms with Gasteiger partial charge in [0.05, 0.1) is 15.6 Å². The monoisotopic (exact) mass is 522 g/mol. The van der Waals surface area contributed by atoms with Gasteiger partial charge in [-0.25, -0.2) is 0 Å². The predicted molar refractivity (Wildman–Crippen MR) is 121 cm³/mol. The summed E-state index contributed by atoms with van der Waals surface area (Å²) in [7, 11) is 0. The standard InChI is InChI=1S/C23H15Cl2F3N4O3/c24-17-8-15(9-18(25)19(17)33)21-30-20(31-35-21)22(34)32(12-14-4-2-6-29-10-14)11-13-3-1-5-16(7-13)23(26,27)28/h1-10,33H,11-12H2. The number of aromatic hydroxyl groups is 1. The van der Waals surface area contributed by atoms with Gasteiger partial charge in [0.25, 0.3) is 17.6 Å². The van der Waals surface area contributed by atoms with Crippen molar-refractivity contribution in [2.24, 2.45) is 0 Å². The first-order valence-corrected chi connectivity index (χ1v) is 10.7. The Morgan fingerprint density at radius 2 is 1.71 bits per heavy atom. The van der Waals surface area contributed by atoms with Crippen LogP contribution in [0.3, 0.4) is 0 Å². The van der Waals surface area contributed by atoms with Crippen molar-refractivity contribution < 1.29 is 27.6 Å². The van der Waals surface area contributed by atoms with Gasteiger partial charge in [0.1, 0.15) is 0 Å². The molecule has 0 fully saturated rings. The Labute approximate surface area is 206 Å². The maximum Gasteiger partial charge on any atom is 0.416 e. The van der Waals surface area contributed by atoms with E-state index in [1.165, 1.54) is 35.4 Å². The topological polar surface area (TPSA) is 92.3 Å². The molecule has 0 spiro atoms. The lowest BCUT2D eigenvalue weighted by Crippen LogP contribution is -2.31. The molecule has 7 nitrogen and oxygen atoms in total. The van der Waals surface area contributed by atoms with Crippen LogP contribution in [-0.4, -0.2) is 31.0 Å². The van der Waals surface area contributed by atoms with Gasteiger partial charge in [0.15, 0.2) is 5.75 Å². The van der Waals surface area contributed by atoms with Crippen molar-refractivity contribution in [2.75, 3.05) is 0 Å². The van der Waals surface area contributed by atoms with Gasteiger partial charge in [-0.2, -0.15) is 18.2 Å². The number of halogens is 5. The number of carbonyl (C=O) groups excluding carboxylic acids is 1. The number of pyridine rings is 1. The summed E-state index contributed by atoms with van der Waals surface area (Å²) in [5.41, 5.74) is 0.347. The van der Waals surface area contributed by atoms with Crippen LogP contribution in [0.2, 0.25) is 10.0 Å². The zero-order chi connectivity index (χ0) is 25.2. The third kappa shape index (κ3) is 5.72. The second kappa shape index (κ2) is 9.93. The lowest BCUT2D eigenvalue weighted by Gasteiger charge is -2.22. The molecule has 0 aliphatic heterocycles. The zero-order valence-corrected chi connectivity index (χ0v) is 19.1. The van der Waals surface area contributed by atoms with Crippen LogP contribution in [0.15, 0.2) is 65.4 Å². The Kier molecular flexibility index (Phi) is 6.95. The van der Waals surface area contributed by atoms with Gasteiger partial charge >= 0.3 is 6.18 Å². The summed E-state index contributed by atoms with van der Waals surface area (Å²) in [4.78, 5) is 22.6. The maximum absolute atomic E-state index is 13.3. The van der Waals surface area contributed by atoms with Crippen molar-refractivity contribution >= 4 is 29.1 Å². The summed E-state index contributed by atoms with van der Waals surface area (Å²) >= 11 is 11.9. The van der Waals surface area contributed by atoms with Gasteiger partial charge < -0.3 is 14.5 Å². The van der Waals surface area contributed by atoms with Crippen molar-refractivity contribution in [1.82, 2.24) is 20.0 Å². The minimum absolute atomic E-state index is 0.0314. The van der Waals surface area contributed by atoms with E-state index in [0.29, 0.717) is 5.56 Å². The van der Waals surface area contributed by atoms with E-state index in [4.69, 9.17) is 27.7 Å². The Bertz CT molecular complexity index is 1340. The number of nitrogens with zero attached hydrogens (tertiary/aromatic N) is 4. The molecule has 0 radical (unpaired) electrons. The maximum atomic E-state index is 13.3. The van der Waals surface area contributed by atoms with Crippen LogP contribution in [0, 0.1) is 0 Å². The van der Waals surface area contributed by atoms with Gasteiger partial charge in [-0.1, -0.05) is 46.6 Å². The Morgan fingerprint density at radius 3 is 2.37 bits per heavy atom. The number of phenols is 1. The average Bonchev–Trinajstić information content (AvgIpc) is 3.32. The number of carbonyl (C=O) groups is 1. The van der Waals surface area contributed by atoms with E-state index in [0.717, 1.165) is 12.1 Å². The minimum atomic E-state index is -4.52. The van der Waals surface area contributed by atoms with Crippen molar-refractivity contribution in [3.63, 3.8) is 0 Å². The molecule has 4 rings (SSSR count). The summed E-state index contributed by atoms with van der Waals surface area (Å²) in [6, 6.07) is 10.8. The lowest BCUT2D eigenvalue weighted by molar-refractivity contribution is -0.137. The summed E-state index contributed by atoms with van der Waals surface area (Å²) in [5, 5.41) is 13.3. The van der Waals surface area contributed by atoms with Gasteiger partial charge in [-0.3, -0.25) is 9.78 Å². The van der Waals surface area contributed by atoms with Crippen molar-refractivity contribution in [1.29, 1.82) is 0 Å². The van der Waals surface area contributed by atoms with Crippen LogP contribution in [0.1, 0.15) is 27.3 Å². The predicted octanol–water partition coefficient (Wildman–Crippen LogP) is 6.01. The molecule has 0 unspecified atom stereocenters. The largest absolute Gasteiger partial charge is 0.505 e. The van der Waals surface area contributed by atoms with E-state index in [1.807, 2.05) is 0 Å². The van der Waals surface area contributed by atoms with Crippen molar-refractivity contribution in [3.8, 4) is 17.2 Å². The molecule has 0 aliphatic rings. The molecular formula is C23H15Cl2F3N4O3. The van der Waals surface area contributed by atoms with Gasteiger partial charge in [0.2, 0.25) is 0 Å². The number of hydrogen-bond acceptors (Lipinski definition) is 6. The summed E-state index contributed by atoms with van der Waals surface area (Å²) < 4.78 is 44.7. The van der Waals surface area contributed by atoms with E-state index in [-0.39, 0.29) is 51.7 Å². The highest BCUT2D eigenvalue weighted by Crippen LogP contribution is 2.36. The summed E-state index contributed by atoms with van der Waals surface area (Å²) in [6.45, 7) is -0.123. The van der Waals surface area contributed by atoms with E-state index in [9.17, 15) is 23.1 Å². The number of hydrogen-bond donors (Lipinski definition) is 1. The molecular weight excluding hydrogens is 508 g/mol. The molecule has 180 valence electrons. The minimum Gasteiger partial charge on any atom is -0.505 e. The third-order valence-electron chi connectivity index (χ3n) is 4.89. The van der Waals surface area contributed by atoms with Gasteiger partial charge in [-0.15, -0.1) is 0 Å². The van der Waals surface area contributed by atoms with Crippen LogP contribution in [0.25, 0.3) is 11.5 Å². The molecule has 2 aromatic heterocycles. The third-order valence-corrected chi connectivity index (χ3v) is 5.47. The first-order chi connectivity index (χ1) is 16.6. The zero-order valence-electron chi connectivity index (χ0n) is 17.6. The fourth-order valence-corrected chi connectivity index (χ4v) is 3.72. The highest BCUT2D eigenvalue weighted by Gasteiger charge is 2.31. The molecule has 0 aliphatic carbocycles. The number of aromatic nitrogens is 3. The number of benzene rings is 2. The summed E-state index contributed by atoms with van der Waals surface area (Å²) in [6.07, 6.45) is -1.43. The molecule has 0 saturated carbocycles. The smallest absolute Gasteiger partial charge is 0.416 e. The summed E-state index contributed by atoms with van der Waals surface area (Å²) in [5.74, 6) is -1.41. The van der Waals surface area contributed by atoms with Crippen LogP contribution in [0.4, 0.5) is 13.2 Å². The Morgan fingerprint density at radius 1 is 1.03 bits per heavy atom. The number of alkyl halides is 3. The molecule has 1 N–H and O–H groups in total. The lowest BCUT2D eigenvalue weighted by atomic mass is 10.1. The number of rotatable bonds is 6. The molecule has 4 aromatic rings. The first kappa shape index (κ1) is 24.5.